The Kier molecular flexibility index (Phi) is 6.86. The molecule has 0 saturated heterocycles. The third-order valence-electron chi connectivity index (χ3n) is 3.69. The zero-order valence-corrected chi connectivity index (χ0v) is 17.0. The molecular formula is C17H14ClF5N6OS. The van der Waals surface area contributed by atoms with E-state index < -0.39 is 30.4 Å². The Hall–Kier alpha value is -2.64. The van der Waals surface area contributed by atoms with Crippen LogP contribution in [0.3, 0.4) is 0 Å². The second-order valence-electron chi connectivity index (χ2n) is 6.13. The van der Waals surface area contributed by atoms with Crippen molar-refractivity contribution in [2.75, 3.05) is 22.6 Å². The highest BCUT2D eigenvalue weighted by molar-refractivity contribution is 7.97. The summed E-state index contributed by atoms with van der Waals surface area (Å²) in [5, 5.41) is 5.59. The Morgan fingerprint density at radius 1 is 1.23 bits per heavy atom. The summed E-state index contributed by atoms with van der Waals surface area (Å²) >= 11 is 5.81. The highest BCUT2D eigenvalue weighted by atomic mass is 35.5. The fourth-order valence-corrected chi connectivity index (χ4v) is 3.05. The SMILES string of the molecule is O=C(NC1=NCC(F)(F)N(NSCC(F)(F)F)c2cccc(n2)N1)c1ccc(Cl)cc1. The lowest BCUT2D eigenvalue weighted by atomic mass is 10.2. The maximum atomic E-state index is 14.7. The molecule has 14 heteroatoms. The van der Waals surface area contributed by atoms with Gasteiger partial charge in [0.25, 0.3) is 5.91 Å². The number of aliphatic imine (C=N–C) groups is 1. The van der Waals surface area contributed by atoms with Crippen LogP contribution < -0.4 is 20.5 Å². The molecule has 0 radical (unpaired) electrons. The van der Waals surface area contributed by atoms with E-state index in [0.29, 0.717) is 5.02 Å². The summed E-state index contributed by atoms with van der Waals surface area (Å²) in [5.74, 6) is -2.65. The average molecular weight is 481 g/mol. The molecule has 0 fully saturated rings. The molecule has 3 N–H and O–H groups in total. The monoisotopic (exact) mass is 480 g/mol. The molecule has 7 nitrogen and oxygen atoms in total. The Labute approximate surface area is 182 Å². The van der Waals surface area contributed by atoms with Gasteiger partial charge < -0.3 is 5.32 Å². The lowest BCUT2D eigenvalue weighted by Crippen LogP contribution is -2.51. The molecule has 1 aliphatic rings. The summed E-state index contributed by atoms with van der Waals surface area (Å²) in [7, 11) is 0. The first-order chi connectivity index (χ1) is 14.5. The van der Waals surface area contributed by atoms with Crippen molar-refractivity contribution in [1.82, 2.24) is 15.1 Å². The number of amides is 1. The topological polar surface area (TPSA) is 81.7 Å². The molecule has 0 aliphatic carbocycles. The number of guanidine groups is 1. The van der Waals surface area contributed by atoms with E-state index in [0.717, 1.165) is 0 Å². The standard InChI is InChI=1S/C17H14ClF5N6OS/c18-11-6-4-10(5-7-11)14(30)27-15-24-8-17(22,23)29(28-31-9-16(19,20)21)13-3-1-2-12(25-13)26-15/h1-7,28H,8-9H2,(H2,24,25,26,27,30). The van der Waals surface area contributed by atoms with Gasteiger partial charge in [0.2, 0.25) is 5.96 Å². The zero-order valence-electron chi connectivity index (χ0n) is 15.4. The smallest absolute Gasteiger partial charge is 0.311 e. The van der Waals surface area contributed by atoms with Crippen molar-refractivity contribution >= 4 is 47.1 Å². The van der Waals surface area contributed by atoms with Crippen molar-refractivity contribution in [2.45, 2.75) is 12.2 Å². The van der Waals surface area contributed by atoms with Crippen LogP contribution in [0.2, 0.25) is 5.02 Å². The summed E-state index contributed by atoms with van der Waals surface area (Å²) < 4.78 is 66.7. The third kappa shape index (κ3) is 6.42. The molecule has 2 heterocycles. The van der Waals surface area contributed by atoms with Gasteiger partial charge in [-0.15, -0.1) is 0 Å². The molecule has 1 amide bonds. The van der Waals surface area contributed by atoms with Gasteiger partial charge in [0.1, 0.15) is 18.1 Å². The normalized spacial score (nSPS) is 15.8. The number of nitrogens with one attached hydrogen (secondary N) is 3. The van der Waals surface area contributed by atoms with Crippen LogP contribution in [-0.4, -0.2) is 41.4 Å². The molecule has 0 atom stereocenters. The number of carbonyl (C=O) groups excluding carboxylic acids is 1. The molecule has 2 bridgehead atoms. The van der Waals surface area contributed by atoms with Gasteiger partial charge in [0.15, 0.2) is 5.82 Å². The molecule has 1 aliphatic heterocycles. The third-order valence-corrected chi connectivity index (χ3v) is 4.73. The van der Waals surface area contributed by atoms with Crippen LogP contribution in [0.1, 0.15) is 10.4 Å². The fourth-order valence-electron chi connectivity index (χ4n) is 2.33. The van der Waals surface area contributed by atoms with Gasteiger partial charge in [0.05, 0.1) is 0 Å². The lowest BCUT2D eigenvalue weighted by molar-refractivity contribution is -0.105. The second-order valence-corrected chi connectivity index (χ2v) is 7.32. The van der Waals surface area contributed by atoms with Crippen molar-refractivity contribution in [3.05, 3.63) is 53.1 Å². The van der Waals surface area contributed by atoms with E-state index in [-0.39, 0.29) is 40.1 Å². The van der Waals surface area contributed by atoms with Gasteiger partial charge >= 0.3 is 12.2 Å². The number of hydrogen-bond donors (Lipinski definition) is 3. The number of carbonyl (C=O) groups is 1. The number of aromatic nitrogens is 1. The van der Waals surface area contributed by atoms with E-state index in [4.69, 9.17) is 11.6 Å². The first-order valence-electron chi connectivity index (χ1n) is 8.51. The number of rotatable bonds is 4. The van der Waals surface area contributed by atoms with Crippen LogP contribution in [0, 0.1) is 0 Å². The number of alkyl halides is 5. The Morgan fingerprint density at radius 3 is 2.61 bits per heavy atom. The number of halogens is 6. The number of anilines is 2. The molecule has 31 heavy (non-hydrogen) atoms. The van der Waals surface area contributed by atoms with Crippen molar-refractivity contribution in [2.24, 2.45) is 4.99 Å². The molecule has 2 aromatic rings. The fraction of sp³-hybridized carbons (Fsp3) is 0.235. The van der Waals surface area contributed by atoms with Crippen molar-refractivity contribution in [1.29, 1.82) is 0 Å². The van der Waals surface area contributed by atoms with Gasteiger partial charge in [-0.25, -0.2) is 15.0 Å². The van der Waals surface area contributed by atoms with Gasteiger partial charge in [-0.1, -0.05) is 29.6 Å². The van der Waals surface area contributed by atoms with Crippen molar-refractivity contribution in [3.8, 4) is 0 Å². The van der Waals surface area contributed by atoms with Crippen LogP contribution >= 0.6 is 23.5 Å². The summed E-state index contributed by atoms with van der Waals surface area (Å²) in [6.07, 6.45) is -4.55. The molecule has 3 rings (SSSR count). The maximum absolute atomic E-state index is 14.7. The Morgan fingerprint density at radius 2 is 1.94 bits per heavy atom. The summed E-state index contributed by atoms with van der Waals surface area (Å²) in [5.41, 5.74) is 0.203. The van der Waals surface area contributed by atoms with Gasteiger partial charge in [0, 0.05) is 10.6 Å². The number of pyridine rings is 1. The molecule has 166 valence electrons. The molecule has 1 aromatic carbocycles. The summed E-state index contributed by atoms with van der Waals surface area (Å²) in [6, 6.07) is 6.04. The Bertz CT molecular complexity index is 972. The predicted octanol–water partition coefficient (Wildman–Crippen LogP) is 4.06. The maximum Gasteiger partial charge on any atom is 0.399 e. The van der Waals surface area contributed by atoms with Gasteiger partial charge in [-0.2, -0.15) is 26.8 Å². The van der Waals surface area contributed by atoms with Crippen LogP contribution in [0.4, 0.5) is 33.6 Å². The number of nitrogens with zero attached hydrogens (tertiary/aromatic N) is 3. The minimum absolute atomic E-state index is 0.0335. The number of benzene rings is 1. The minimum atomic E-state index is -4.55. The van der Waals surface area contributed by atoms with E-state index in [1.807, 2.05) is 4.83 Å². The molecule has 1 aromatic heterocycles. The first-order valence-corrected chi connectivity index (χ1v) is 9.87. The van der Waals surface area contributed by atoms with E-state index in [2.05, 4.69) is 20.6 Å². The van der Waals surface area contributed by atoms with E-state index >= 15 is 0 Å². The van der Waals surface area contributed by atoms with Crippen molar-refractivity contribution in [3.63, 3.8) is 0 Å². The van der Waals surface area contributed by atoms with Crippen LogP contribution in [0.25, 0.3) is 0 Å². The minimum Gasteiger partial charge on any atom is -0.311 e. The quantitative estimate of drug-likeness (QED) is 0.348. The number of hydrogen-bond acceptors (Lipinski definition) is 7. The van der Waals surface area contributed by atoms with Crippen molar-refractivity contribution < 1.29 is 26.7 Å². The highest BCUT2D eigenvalue weighted by Crippen LogP contribution is 2.29. The Balaban J connectivity index is 1.82. The molecular weight excluding hydrogens is 467 g/mol. The van der Waals surface area contributed by atoms with Crippen LogP contribution in [0.15, 0.2) is 47.5 Å². The van der Waals surface area contributed by atoms with E-state index in [1.54, 1.807) is 0 Å². The van der Waals surface area contributed by atoms with Gasteiger partial charge in [-0.3, -0.25) is 10.1 Å². The first kappa shape index (κ1) is 23.0. The highest BCUT2D eigenvalue weighted by Gasteiger charge is 2.40. The van der Waals surface area contributed by atoms with E-state index in [9.17, 15) is 26.7 Å². The molecule has 0 spiro atoms. The van der Waals surface area contributed by atoms with Crippen LogP contribution in [-0.2, 0) is 0 Å². The molecule has 0 unspecified atom stereocenters. The molecule has 0 saturated carbocycles. The second kappa shape index (κ2) is 9.24. The lowest BCUT2D eigenvalue weighted by Gasteiger charge is -2.30. The summed E-state index contributed by atoms with van der Waals surface area (Å²) in [4.78, 5) is 22.0. The van der Waals surface area contributed by atoms with E-state index in [1.165, 1.54) is 42.5 Å². The number of hydrazine groups is 1. The number of fused-ring (bicyclic) bond motifs is 2. The zero-order chi connectivity index (χ0) is 22.6. The summed E-state index contributed by atoms with van der Waals surface area (Å²) in [6.45, 7) is -1.18. The largest absolute Gasteiger partial charge is 0.399 e. The predicted molar refractivity (Wildman–Crippen MR) is 108 cm³/mol. The average Bonchev–Trinajstić information content (AvgIpc) is 2.71. The van der Waals surface area contributed by atoms with Crippen LogP contribution in [0.5, 0.6) is 0 Å². The van der Waals surface area contributed by atoms with Gasteiger partial charge in [-0.05, 0) is 36.4 Å².